The lowest BCUT2D eigenvalue weighted by atomic mass is 10.1. The minimum Gasteiger partial charge on any atom is -0.364 e. The van der Waals surface area contributed by atoms with Crippen LogP contribution in [0.5, 0.6) is 0 Å². The van der Waals surface area contributed by atoms with Crippen LogP contribution in [0.4, 0.5) is 5.69 Å². The van der Waals surface area contributed by atoms with Crippen molar-refractivity contribution in [2.24, 2.45) is 0 Å². The maximum Gasteiger partial charge on any atom is 0.120 e. The monoisotopic (exact) mass is 397 g/mol. The van der Waals surface area contributed by atoms with Crippen molar-refractivity contribution in [1.82, 2.24) is 30.0 Å². The van der Waals surface area contributed by atoms with Crippen LogP contribution in [0.3, 0.4) is 0 Å². The average molecular weight is 397 g/mol. The van der Waals surface area contributed by atoms with Crippen LogP contribution in [0.15, 0.2) is 48.8 Å². The molecule has 7 heteroatoms. The third-order valence-electron chi connectivity index (χ3n) is 6.42. The summed E-state index contributed by atoms with van der Waals surface area (Å²) in [6.07, 6.45) is 5.12. The molecule has 2 fully saturated rings. The maximum atomic E-state index is 4.95. The van der Waals surface area contributed by atoms with E-state index < -0.39 is 0 Å². The second kappa shape index (κ2) is 6.60. The highest BCUT2D eigenvalue weighted by Gasteiger charge is 2.41. The van der Waals surface area contributed by atoms with E-state index in [0.29, 0.717) is 12.1 Å². The van der Waals surface area contributed by atoms with Crippen molar-refractivity contribution in [2.75, 3.05) is 25.0 Å². The van der Waals surface area contributed by atoms with Gasteiger partial charge in [0.1, 0.15) is 5.69 Å². The molecule has 2 atom stereocenters. The van der Waals surface area contributed by atoms with Crippen LogP contribution in [-0.2, 0) is 0 Å². The molecule has 2 aliphatic rings. The number of aryl methyl sites for hydroxylation is 1. The summed E-state index contributed by atoms with van der Waals surface area (Å²) in [5, 5.41) is 7.42. The van der Waals surface area contributed by atoms with Crippen molar-refractivity contribution in [2.45, 2.75) is 25.4 Å². The van der Waals surface area contributed by atoms with Crippen LogP contribution in [0.25, 0.3) is 33.7 Å². The molecule has 30 heavy (non-hydrogen) atoms. The number of nitrogens with zero attached hydrogens (tertiary/aromatic N) is 6. The van der Waals surface area contributed by atoms with E-state index in [4.69, 9.17) is 4.98 Å². The predicted octanol–water partition coefficient (Wildman–Crippen LogP) is 3.28. The van der Waals surface area contributed by atoms with Gasteiger partial charge in [0.25, 0.3) is 0 Å². The Morgan fingerprint density at radius 2 is 1.93 bits per heavy atom. The molecule has 1 N–H and O–H groups in total. The molecule has 6 heterocycles. The van der Waals surface area contributed by atoms with E-state index in [9.17, 15) is 0 Å². The van der Waals surface area contributed by atoms with Crippen LogP contribution < -0.4 is 4.90 Å². The van der Waals surface area contributed by atoms with E-state index in [1.165, 1.54) is 12.1 Å². The number of pyridine rings is 3. The lowest BCUT2D eigenvalue weighted by molar-refractivity contribution is 0.292. The molecule has 2 aliphatic heterocycles. The summed E-state index contributed by atoms with van der Waals surface area (Å²) in [4.78, 5) is 19.2. The van der Waals surface area contributed by atoms with E-state index in [2.05, 4.69) is 43.1 Å². The highest BCUT2D eigenvalue weighted by Crippen LogP contribution is 2.35. The molecule has 0 unspecified atom stereocenters. The Morgan fingerprint density at radius 3 is 2.73 bits per heavy atom. The van der Waals surface area contributed by atoms with Crippen molar-refractivity contribution in [3.63, 3.8) is 0 Å². The first kappa shape index (κ1) is 17.5. The Bertz CT molecular complexity index is 1250. The summed E-state index contributed by atoms with van der Waals surface area (Å²) in [6.45, 7) is 4.18. The van der Waals surface area contributed by atoms with Gasteiger partial charge < -0.3 is 4.90 Å². The molecule has 0 radical (unpaired) electrons. The molecule has 0 aliphatic carbocycles. The molecule has 4 aromatic heterocycles. The van der Waals surface area contributed by atoms with Crippen LogP contribution in [0.1, 0.15) is 12.1 Å². The van der Waals surface area contributed by atoms with Crippen molar-refractivity contribution >= 4 is 16.7 Å². The number of hydrogen-bond donors (Lipinski definition) is 1. The first-order valence-electron chi connectivity index (χ1n) is 10.4. The quantitative estimate of drug-likeness (QED) is 0.572. The Morgan fingerprint density at radius 1 is 1.00 bits per heavy atom. The van der Waals surface area contributed by atoms with Gasteiger partial charge >= 0.3 is 0 Å². The minimum absolute atomic E-state index is 0.579. The van der Waals surface area contributed by atoms with Gasteiger partial charge in [0.05, 0.1) is 34.3 Å². The molecule has 0 amide bonds. The Labute approximate surface area is 174 Å². The molecule has 0 saturated carbocycles. The molecule has 2 saturated heterocycles. The molecule has 4 aromatic rings. The van der Waals surface area contributed by atoms with Crippen molar-refractivity contribution in [3.05, 3.63) is 54.5 Å². The average Bonchev–Trinajstić information content (AvgIpc) is 3.48. The smallest absolute Gasteiger partial charge is 0.120 e. The second-order valence-corrected chi connectivity index (χ2v) is 8.38. The molecule has 0 spiro atoms. The van der Waals surface area contributed by atoms with Crippen LogP contribution >= 0.6 is 0 Å². The number of fused-ring (bicyclic) bond motifs is 3. The van der Waals surface area contributed by atoms with Crippen LogP contribution in [0.2, 0.25) is 0 Å². The third-order valence-corrected chi connectivity index (χ3v) is 6.42. The summed E-state index contributed by atoms with van der Waals surface area (Å²) in [5.74, 6) is 0. The van der Waals surface area contributed by atoms with Crippen molar-refractivity contribution < 1.29 is 0 Å². The van der Waals surface area contributed by atoms with E-state index >= 15 is 0 Å². The Hall–Kier alpha value is -3.32. The van der Waals surface area contributed by atoms with E-state index in [1.807, 2.05) is 49.6 Å². The third kappa shape index (κ3) is 2.77. The predicted molar refractivity (Wildman–Crippen MR) is 117 cm³/mol. The van der Waals surface area contributed by atoms with Gasteiger partial charge in [-0.1, -0.05) is 6.07 Å². The molecular weight excluding hydrogens is 374 g/mol. The fraction of sp³-hybridized carbons (Fsp3) is 0.304. The van der Waals surface area contributed by atoms with E-state index in [0.717, 1.165) is 52.5 Å². The van der Waals surface area contributed by atoms with Gasteiger partial charge in [0.2, 0.25) is 0 Å². The van der Waals surface area contributed by atoms with Crippen LogP contribution in [0, 0.1) is 6.92 Å². The maximum absolute atomic E-state index is 4.95. The van der Waals surface area contributed by atoms with Crippen molar-refractivity contribution in [1.29, 1.82) is 0 Å². The summed E-state index contributed by atoms with van der Waals surface area (Å²) in [5.41, 5.74) is 7.42. The number of nitrogens with one attached hydrogen (secondary N) is 1. The van der Waals surface area contributed by atoms with Gasteiger partial charge in [0, 0.05) is 42.6 Å². The second-order valence-electron chi connectivity index (χ2n) is 8.38. The van der Waals surface area contributed by atoms with Crippen molar-refractivity contribution in [3.8, 4) is 22.6 Å². The first-order chi connectivity index (χ1) is 14.7. The first-order valence-corrected chi connectivity index (χ1v) is 10.4. The van der Waals surface area contributed by atoms with E-state index in [-0.39, 0.29) is 0 Å². The van der Waals surface area contributed by atoms with Gasteiger partial charge in [-0.25, -0.2) is 4.98 Å². The topological polar surface area (TPSA) is 73.8 Å². The zero-order valence-corrected chi connectivity index (χ0v) is 17.1. The standard InChI is InChI=1S/C23H23N7/c1-14-4-3-5-21(26-14)23-18(11-25-28-23)19-6-7-20-22(27-19)9-15(10-24-20)30-13-16-8-17(30)12-29(16)2/h3-7,9-11,16-17H,8,12-13H2,1-2H3,(H,25,28)/t16-,17-/m1/s1. The number of H-pyrrole nitrogens is 1. The van der Waals surface area contributed by atoms with Gasteiger partial charge in [-0.05, 0) is 50.7 Å². The highest BCUT2D eigenvalue weighted by atomic mass is 15.3. The van der Waals surface area contributed by atoms with E-state index in [1.54, 1.807) is 0 Å². The SMILES string of the molecule is Cc1cccc(-c2n[nH]cc2-c2ccc3ncc(N4C[C@H]5C[C@@H]4CN5C)cc3n2)n1. The Kier molecular flexibility index (Phi) is 3.86. The summed E-state index contributed by atoms with van der Waals surface area (Å²) < 4.78 is 0. The Balaban J connectivity index is 1.39. The summed E-state index contributed by atoms with van der Waals surface area (Å²) in [6, 6.07) is 13.4. The summed E-state index contributed by atoms with van der Waals surface area (Å²) in [7, 11) is 2.22. The molecule has 150 valence electrons. The number of piperazine rings is 1. The fourth-order valence-corrected chi connectivity index (χ4v) is 4.84. The van der Waals surface area contributed by atoms with Crippen LogP contribution in [-0.4, -0.2) is 62.3 Å². The molecule has 2 bridgehead atoms. The van der Waals surface area contributed by atoms with Gasteiger partial charge in [-0.2, -0.15) is 5.10 Å². The lowest BCUT2D eigenvalue weighted by Crippen LogP contribution is -2.44. The number of aromatic nitrogens is 5. The number of hydrogen-bond acceptors (Lipinski definition) is 6. The summed E-state index contributed by atoms with van der Waals surface area (Å²) >= 11 is 0. The molecule has 7 nitrogen and oxygen atoms in total. The fourth-order valence-electron chi connectivity index (χ4n) is 4.84. The lowest BCUT2D eigenvalue weighted by Gasteiger charge is -2.33. The number of aromatic amines is 1. The van der Waals surface area contributed by atoms with Gasteiger partial charge in [-0.3, -0.25) is 20.0 Å². The molecule has 0 aromatic carbocycles. The molecule has 6 rings (SSSR count). The highest BCUT2D eigenvalue weighted by molar-refractivity contribution is 5.84. The number of anilines is 1. The normalized spacial score (nSPS) is 21.1. The number of likely N-dealkylation sites (N-methyl/N-ethyl adjacent to an activating group) is 1. The number of likely N-dealkylation sites (tertiary alicyclic amines) is 1. The minimum atomic E-state index is 0.579. The molecular formula is C23H23N7. The van der Waals surface area contributed by atoms with Gasteiger partial charge in [0.15, 0.2) is 0 Å². The zero-order chi connectivity index (χ0) is 20.2. The van der Waals surface area contributed by atoms with Gasteiger partial charge in [-0.15, -0.1) is 0 Å². The number of rotatable bonds is 3. The largest absolute Gasteiger partial charge is 0.364 e. The zero-order valence-electron chi connectivity index (χ0n) is 17.1.